The third-order valence-electron chi connectivity index (χ3n) is 6.42. The van der Waals surface area contributed by atoms with Crippen LogP contribution in [0.5, 0.6) is 0 Å². The van der Waals surface area contributed by atoms with E-state index in [9.17, 15) is 10.2 Å². The Balaban J connectivity index is 3.29. The maximum atomic E-state index is 9.96. The van der Waals surface area contributed by atoms with Crippen LogP contribution in [0, 0.1) is 0 Å². The summed E-state index contributed by atoms with van der Waals surface area (Å²) in [6, 6.07) is 0. The highest BCUT2D eigenvalue weighted by Gasteiger charge is 2.11. The van der Waals surface area contributed by atoms with Gasteiger partial charge in [0, 0.05) is 0 Å². The van der Waals surface area contributed by atoms with Crippen LogP contribution in [0.2, 0.25) is 0 Å². The number of unbranched alkanes of at least 4 members (excludes halogenated alkanes) is 20. The topological polar surface area (TPSA) is 49.7 Å². The van der Waals surface area contributed by atoms with E-state index in [4.69, 9.17) is 4.74 Å². The second-order valence-electron chi connectivity index (χ2n) is 9.69. The second kappa shape index (κ2) is 26.1. The summed E-state index contributed by atoms with van der Waals surface area (Å²) >= 11 is 0. The largest absolute Gasteiger partial charge is 0.368 e. The summed E-state index contributed by atoms with van der Waals surface area (Å²) in [6.45, 7) is 4.53. The van der Waals surface area contributed by atoms with E-state index < -0.39 is 12.6 Å². The molecule has 0 saturated heterocycles. The van der Waals surface area contributed by atoms with Gasteiger partial charge in [0.2, 0.25) is 0 Å². The van der Waals surface area contributed by atoms with Crippen LogP contribution in [-0.4, -0.2) is 22.8 Å². The molecule has 2 N–H and O–H groups in total. The Hall–Kier alpha value is -0.120. The summed E-state index contributed by atoms with van der Waals surface area (Å²) in [6.07, 6.45) is 28.4. The molecule has 0 spiro atoms. The minimum Gasteiger partial charge on any atom is -0.368 e. The van der Waals surface area contributed by atoms with Gasteiger partial charge in [-0.15, -0.1) is 0 Å². The van der Waals surface area contributed by atoms with Crippen molar-refractivity contribution < 1.29 is 14.9 Å². The fourth-order valence-corrected chi connectivity index (χ4v) is 4.28. The van der Waals surface area contributed by atoms with Gasteiger partial charge in [0.25, 0.3) is 0 Å². The standard InChI is InChI=1S/C28H58O3/c1-3-5-7-9-11-13-15-17-19-21-23-25-27(29)31-28(30)26-24-22-20-18-16-14-12-10-8-6-4-2/h27-30H,3-26H2,1-2H3. The average Bonchev–Trinajstić information content (AvgIpc) is 2.75. The Kier molecular flexibility index (Phi) is 26.0. The summed E-state index contributed by atoms with van der Waals surface area (Å²) < 4.78 is 5.35. The van der Waals surface area contributed by atoms with Gasteiger partial charge in [0.15, 0.2) is 12.6 Å². The van der Waals surface area contributed by atoms with Crippen molar-refractivity contribution in [3.8, 4) is 0 Å². The van der Waals surface area contributed by atoms with E-state index in [0.29, 0.717) is 12.8 Å². The number of hydrogen-bond acceptors (Lipinski definition) is 3. The molecule has 2 atom stereocenters. The predicted molar refractivity (Wildman–Crippen MR) is 135 cm³/mol. The first kappa shape index (κ1) is 30.9. The quantitative estimate of drug-likeness (QED) is 0.104. The minimum atomic E-state index is -0.804. The van der Waals surface area contributed by atoms with Gasteiger partial charge in [-0.05, 0) is 25.7 Å². The molecule has 0 aromatic heterocycles. The van der Waals surface area contributed by atoms with Gasteiger partial charge in [-0.3, -0.25) is 0 Å². The zero-order valence-corrected chi connectivity index (χ0v) is 21.4. The van der Waals surface area contributed by atoms with Gasteiger partial charge in [-0.2, -0.15) is 0 Å². The number of aliphatic hydroxyl groups is 2. The van der Waals surface area contributed by atoms with E-state index in [1.165, 1.54) is 116 Å². The summed E-state index contributed by atoms with van der Waals surface area (Å²) in [7, 11) is 0. The van der Waals surface area contributed by atoms with Crippen molar-refractivity contribution in [1.82, 2.24) is 0 Å². The average molecular weight is 443 g/mol. The van der Waals surface area contributed by atoms with Crippen molar-refractivity contribution in [3.63, 3.8) is 0 Å². The first-order valence-corrected chi connectivity index (χ1v) is 14.2. The van der Waals surface area contributed by atoms with Crippen LogP contribution in [0.1, 0.15) is 168 Å². The minimum absolute atomic E-state index is 0.645. The van der Waals surface area contributed by atoms with Gasteiger partial charge in [-0.25, -0.2) is 0 Å². The van der Waals surface area contributed by atoms with Crippen molar-refractivity contribution in [3.05, 3.63) is 0 Å². The van der Waals surface area contributed by atoms with Crippen LogP contribution in [0.4, 0.5) is 0 Å². The molecule has 2 unspecified atom stereocenters. The van der Waals surface area contributed by atoms with Crippen LogP contribution in [0.25, 0.3) is 0 Å². The third kappa shape index (κ3) is 26.0. The van der Waals surface area contributed by atoms with Gasteiger partial charge in [0.05, 0.1) is 0 Å². The molecule has 0 amide bonds. The van der Waals surface area contributed by atoms with E-state index in [1.807, 2.05) is 0 Å². The number of aliphatic hydroxyl groups excluding tert-OH is 2. The molecule has 0 rings (SSSR count). The molecule has 0 aliphatic carbocycles. The lowest BCUT2D eigenvalue weighted by Gasteiger charge is -2.17. The highest BCUT2D eigenvalue weighted by Crippen LogP contribution is 2.15. The lowest BCUT2D eigenvalue weighted by atomic mass is 10.1. The fraction of sp³-hybridized carbons (Fsp3) is 1.00. The fourth-order valence-electron chi connectivity index (χ4n) is 4.28. The van der Waals surface area contributed by atoms with Crippen LogP contribution < -0.4 is 0 Å². The maximum Gasteiger partial charge on any atom is 0.157 e. The molecule has 0 aliphatic heterocycles. The zero-order chi connectivity index (χ0) is 22.8. The Morgan fingerprint density at radius 2 is 0.613 bits per heavy atom. The van der Waals surface area contributed by atoms with Gasteiger partial charge in [-0.1, -0.05) is 142 Å². The predicted octanol–water partition coefficient (Wildman–Crippen LogP) is 9.04. The molecule has 31 heavy (non-hydrogen) atoms. The lowest BCUT2D eigenvalue weighted by molar-refractivity contribution is -0.212. The highest BCUT2D eigenvalue weighted by molar-refractivity contribution is 4.53. The molecular formula is C28H58O3. The van der Waals surface area contributed by atoms with E-state index in [-0.39, 0.29) is 0 Å². The number of ether oxygens (including phenoxy) is 1. The van der Waals surface area contributed by atoms with Crippen LogP contribution in [0.15, 0.2) is 0 Å². The second-order valence-corrected chi connectivity index (χ2v) is 9.69. The summed E-state index contributed by atoms with van der Waals surface area (Å²) in [5.41, 5.74) is 0. The van der Waals surface area contributed by atoms with Crippen LogP contribution >= 0.6 is 0 Å². The lowest BCUT2D eigenvalue weighted by Crippen LogP contribution is -2.21. The van der Waals surface area contributed by atoms with Crippen LogP contribution in [-0.2, 0) is 4.74 Å². The highest BCUT2D eigenvalue weighted by atomic mass is 16.7. The zero-order valence-electron chi connectivity index (χ0n) is 21.4. The summed E-state index contributed by atoms with van der Waals surface area (Å²) in [5, 5.41) is 19.9. The molecular weight excluding hydrogens is 384 g/mol. The molecule has 3 heteroatoms. The van der Waals surface area contributed by atoms with Gasteiger partial charge in [0.1, 0.15) is 0 Å². The Bertz CT molecular complexity index is 291. The van der Waals surface area contributed by atoms with E-state index in [2.05, 4.69) is 13.8 Å². The number of hydrogen-bond donors (Lipinski definition) is 2. The molecule has 0 aromatic carbocycles. The molecule has 0 heterocycles. The molecule has 0 aromatic rings. The summed E-state index contributed by atoms with van der Waals surface area (Å²) in [4.78, 5) is 0. The maximum absolute atomic E-state index is 9.96. The Morgan fingerprint density at radius 1 is 0.387 bits per heavy atom. The van der Waals surface area contributed by atoms with Crippen molar-refractivity contribution in [2.45, 2.75) is 181 Å². The number of rotatable bonds is 26. The normalized spacial score (nSPS) is 13.5. The molecule has 0 saturated carbocycles. The molecule has 3 nitrogen and oxygen atoms in total. The van der Waals surface area contributed by atoms with Gasteiger partial charge >= 0.3 is 0 Å². The van der Waals surface area contributed by atoms with Gasteiger partial charge < -0.3 is 14.9 Å². The SMILES string of the molecule is CCCCCCCCCCCCCC(O)OC(O)CCCCCCCCCCCCC. The molecule has 0 fully saturated rings. The monoisotopic (exact) mass is 442 g/mol. The third-order valence-corrected chi connectivity index (χ3v) is 6.42. The molecule has 0 bridgehead atoms. The smallest absolute Gasteiger partial charge is 0.157 e. The van der Waals surface area contributed by atoms with E-state index >= 15 is 0 Å². The Morgan fingerprint density at radius 3 is 0.871 bits per heavy atom. The van der Waals surface area contributed by atoms with E-state index in [0.717, 1.165) is 25.7 Å². The van der Waals surface area contributed by atoms with Crippen molar-refractivity contribution in [2.24, 2.45) is 0 Å². The molecule has 0 radical (unpaired) electrons. The first-order valence-electron chi connectivity index (χ1n) is 14.2. The van der Waals surface area contributed by atoms with E-state index in [1.54, 1.807) is 0 Å². The Labute approximate surface area is 195 Å². The molecule has 188 valence electrons. The first-order chi connectivity index (χ1) is 15.2. The van der Waals surface area contributed by atoms with Crippen LogP contribution in [0.3, 0.4) is 0 Å². The van der Waals surface area contributed by atoms with Crippen molar-refractivity contribution >= 4 is 0 Å². The molecule has 0 aliphatic rings. The van der Waals surface area contributed by atoms with Crippen molar-refractivity contribution in [2.75, 3.05) is 0 Å². The summed E-state index contributed by atoms with van der Waals surface area (Å²) in [5.74, 6) is 0. The van der Waals surface area contributed by atoms with Crippen molar-refractivity contribution in [1.29, 1.82) is 0 Å².